The van der Waals surface area contributed by atoms with E-state index in [1.165, 1.54) is 5.56 Å². The molecule has 6 heteroatoms. The molecule has 2 N–H and O–H groups in total. The van der Waals surface area contributed by atoms with E-state index < -0.39 is 0 Å². The van der Waals surface area contributed by atoms with Gasteiger partial charge in [-0.1, -0.05) is 18.2 Å². The zero-order valence-electron chi connectivity index (χ0n) is 17.6. The minimum atomic E-state index is -0.0254. The van der Waals surface area contributed by atoms with Crippen LogP contribution in [-0.2, 0) is 11.3 Å². The Morgan fingerprint density at radius 1 is 1.13 bits per heavy atom. The maximum atomic E-state index is 11.9. The Balaban J connectivity index is 1.47. The van der Waals surface area contributed by atoms with E-state index in [-0.39, 0.29) is 11.8 Å². The number of benzene rings is 2. The quantitative estimate of drug-likeness (QED) is 0.799. The first-order chi connectivity index (χ1) is 14.5. The molecule has 2 aromatic rings. The number of ether oxygens (including phenoxy) is 1. The average Bonchev–Trinajstić information content (AvgIpc) is 2.97. The maximum Gasteiger partial charge on any atom is 0.252 e. The summed E-state index contributed by atoms with van der Waals surface area (Å²) in [6.07, 6.45) is 2.08. The van der Waals surface area contributed by atoms with Crippen molar-refractivity contribution in [1.82, 2.24) is 10.6 Å². The highest BCUT2D eigenvalue weighted by Gasteiger charge is 2.26. The second-order valence-corrected chi connectivity index (χ2v) is 8.18. The second kappa shape index (κ2) is 8.88. The van der Waals surface area contributed by atoms with Gasteiger partial charge >= 0.3 is 0 Å². The van der Waals surface area contributed by atoms with E-state index in [0.29, 0.717) is 25.0 Å². The van der Waals surface area contributed by atoms with Crippen LogP contribution in [0.1, 0.15) is 47.2 Å². The Labute approximate surface area is 177 Å². The number of rotatable bonds is 5. The zero-order valence-corrected chi connectivity index (χ0v) is 17.6. The third-order valence-electron chi connectivity index (χ3n) is 6.30. The summed E-state index contributed by atoms with van der Waals surface area (Å²) in [5.74, 6) is 1.51. The molecule has 0 aromatic heterocycles. The van der Waals surface area contributed by atoms with Gasteiger partial charge < -0.3 is 20.3 Å². The number of carbonyl (C=O) groups excluding carboxylic acids is 2. The fraction of sp³-hybridized carbons (Fsp3) is 0.417. The van der Waals surface area contributed by atoms with Crippen molar-refractivity contribution >= 4 is 17.5 Å². The fourth-order valence-electron chi connectivity index (χ4n) is 4.36. The van der Waals surface area contributed by atoms with Crippen molar-refractivity contribution in [2.45, 2.75) is 32.2 Å². The van der Waals surface area contributed by atoms with Crippen LogP contribution in [0.5, 0.6) is 5.75 Å². The number of nitrogens with zero attached hydrogens (tertiary/aromatic N) is 1. The molecule has 2 amide bonds. The molecule has 2 aromatic carbocycles. The lowest BCUT2D eigenvalue weighted by Crippen LogP contribution is -2.23. The SMILES string of the molecule is CC(=O)N(C)c1ccc(C2CCNCCC2COc2ccc3c(c2)C(=O)NC3)cc1. The molecule has 1 fully saturated rings. The Morgan fingerprint density at radius 3 is 2.67 bits per heavy atom. The molecule has 2 aliphatic heterocycles. The normalized spacial score (nSPS) is 20.8. The third-order valence-corrected chi connectivity index (χ3v) is 6.30. The van der Waals surface area contributed by atoms with Crippen LogP contribution in [0.25, 0.3) is 0 Å². The molecule has 2 heterocycles. The molecule has 2 aliphatic rings. The molecule has 0 aliphatic carbocycles. The molecule has 0 radical (unpaired) electrons. The first-order valence-electron chi connectivity index (χ1n) is 10.6. The number of carbonyl (C=O) groups is 2. The first-order valence-corrected chi connectivity index (χ1v) is 10.6. The van der Waals surface area contributed by atoms with Crippen LogP contribution in [0.3, 0.4) is 0 Å². The lowest BCUT2D eigenvalue weighted by Gasteiger charge is -2.26. The highest BCUT2D eigenvalue weighted by molar-refractivity contribution is 5.98. The smallest absolute Gasteiger partial charge is 0.252 e. The van der Waals surface area contributed by atoms with Gasteiger partial charge in [0.15, 0.2) is 0 Å². The van der Waals surface area contributed by atoms with Crippen molar-refractivity contribution in [3.05, 3.63) is 59.2 Å². The van der Waals surface area contributed by atoms with E-state index in [9.17, 15) is 9.59 Å². The van der Waals surface area contributed by atoms with Crippen molar-refractivity contribution in [3.8, 4) is 5.75 Å². The van der Waals surface area contributed by atoms with E-state index >= 15 is 0 Å². The number of anilines is 1. The van der Waals surface area contributed by atoms with E-state index in [1.54, 1.807) is 18.9 Å². The van der Waals surface area contributed by atoms with E-state index in [0.717, 1.165) is 48.5 Å². The van der Waals surface area contributed by atoms with E-state index in [2.05, 4.69) is 22.8 Å². The van der Waals surface area contributed by atoms with Crippen molar-refractivity contribution in [1.29, 1.82) is 0 Å². The van der Waals surface area contributed by atoms with Gasteiger partial charge in [-0.15, -0.1) is 0 Å². The highest BCUT2D eigenvalue weighted by Crippen LogP contribution is 2.33. The number of hydrogen-bond donors (Lipinski definition) is 2. The highest BCUT2D eigenvalue weighted by atomic mass is 16.5. The molecule has 0 saturated carbocycles. The molecule has 30 heavy (non-hydrogen) atoms. The van der Waals surface area contributed by atoms with Crippen LogP contribution in [-0.4, -0.2) is 38.6 Å². The summed E-state index contributed by atoms with van der Waals surface area (Å²) in [6.45, 7) is 4.74. The van der Waals surface area contributed by atoms with Gasteiger partial charge in [-0.2, -0.15) is 0 Å². The van der Waals surface area contributed by atoms with Crippen molar-refractivity contribution in [2.75, 3.05) is 31.6 Å². The van der Waals surface area contributed by atoms with E-state index in [4.69, 9.17) is 4.74 Å². The molecule has 2 atom stereocenters. The monoisotopic (exact) mass is 407 g/mol. The molecule has 0 spiro atoms. The molecule has 1 saturated heterocycles. The van der Waals surface area contributed by atoms with Crippen molar-refractivity contribution < 1.29 is 14.3 Å². The first kappa shape index (κ1) is 20.4. The Hall–Kier alpha value is -2.86. The van der Waals surface area contributed by atoms with Crippen LogP contribution in [0.2, 0.25) is 0 Å². The van der Waals surface area contributed by atoms with E-state index in [1.807, 2.05) is 30.3 Å². The molecule has 4 rings (SSSR count). The molecule has 2 unspecified atom stereocenters. The topological polar surface area (TPSA) is 70.7 Å². The number of hydrogen-bond acceptors (Lipinski definition) is 4. The van der Waals surface area contributed by atoms with Gasteiger partial charge in [0.05, 0.1) is 6.61 Å². The Kier molecular flexibility index (Phi) is 6.04. The lowest BCUT2D eigenvalue weighted by atomic mass is 9.83. The number of fused-ring (bicyclic) bond motifs is 1. The number of nitrogens with one attached hydrogen (secondary N) is 2. The molecule has 6 nitrogen and oxygen atoms in total. The Bertz CT molecular complexity index is 926. The molecular weight excluding hydrogens is 378 g/mol. The van der Waals surface area contributed by atoms with Gasteiger partial charge in [-0.25, -0.2) is 0 Å². The summed E-state index contributed by atoms with van der Waals surface area (Å²) >= 11 is 0. The lowest BCUT2D eigenvalue weighted by molar-refractivity contribution is -0.116. The second-order valence-electron chi connectivity index (χ2n) is 8.18. The standard InChI is InChI=1S/C24H29N3O3/c1-16(28)27(2)20-6-3-17(4-7-20)22-10-12-25-11-9-19(22)15-30-21-8-5-18-14-26-24(29)23(18)13-21/h3-8,13,19,22,25H,9-12,14-15H2,1-2H3,(H,26,29). The minimum Gasteiger partial charge on any atom is -0.493 e. The average molecular weight is 408 g/mol. The van der Waals surface area contributed by atoms with Crippen LogP contribution in [0.15, 0.2) is 42.5 Å². The zero-order chi connectivity index (χ0) is 21.1. The number of amides is 2. The maximum absolute atomic E-state index is 11.9. The Morgan fingerprint density at radius 2 is 1.90 bits per heavy atom. The van der Waals surface area contributed by atoms with Gasteiger partial charge in [0, 0.05) is 37.7 Å². The van der Waals surface area contributed by atoms with Gasteiger partial charge in [-0.3, -0.25) is 9.59 Å². The fourth-order valence-corrected chi connectivity index (χ4v) is 4.36. The predicted molar refractivity (Wildman–Crippen MR) is 117 cm³/mol. The van der Waals surface area contributed by atoms with Crippen LogP contribution in [0.4, 0.5) is 5.69 Å². The van der Waals surface area contributed by atoms with Crippen LogP contribution >= 0.6 is 0 Å². The molecule has 0 bridgehead atoms. The summed E-state index contributed by atoms with van der Waals surface area (Å²) in [7, 11) is 1.79. The van der Waals surface area contributed by atoms with Gasteiger partial charge in [0.2, 0.25) is 5.91 Å². The summed E-state index contributed by atoms with van der Waals surface area (Å²) in [6, 6.07) is 14.1. The summed E-state index contributed by atoms with van der Waals surface area (Å²) in [4.78, 5) is 25.2. The van der Waals surface area contributed by atoms with Gasteiger partial charge in [0.25, 0.3) is 5.91 Å². The largest absolute Gasteiger partial charge is 0.493 e. The molecule has 158 valence electrons. The summed E-state index contributed by atoms with van der Waals surface area (Å²) < 4.78 is 6.16. The van der Waals surface area contributed by atoms with Crippen molar-refractivity contribution in [2.24, 2.45) is 5.92 Å². The van der Waals surface area contributed by atoms with Crippen LogP contribution < -0.4 is 20.3 Å². The van der Waals surface area contributed by atoms with Crippen LogP contribution in [0, 0.1) is 5.92 Å². The minimum absolute atomic E-state index is 0.0238. The van der Waals surface area contributed by atoms with Crippen molar-refractivity contribution in [3.63, 3.8) is 0 Å². The molecular formula is C24H29N3O3. The van der Waals surface area contributed by atoms with Gasteiger partial charge in [0.1, 0.15) is 5.75 Å². The summed E-state index contributed by atoms with van der Waals surface area (Å²) in [5, 5.41) is 6.34. The summed E-state index contributed by atoms with van der Waals surface area (Å²) in [5.41, 5.74) is 3.93. The third kappa shape index (κ3) is 4.33. The predicted octanol–water partition coefficient (Wildman–Crippen LogP) is 3.07. The van der Waals surface area contributed by atoms with Gasteiger partial charge in [-0.05, 0) is 67.2 Å².